The number of nitrogens with zero attached hydrogens (tertiary/aromatic N) is 3. The van der Waals surface area contributed by atoms with Gasteiger partial charge in [-0.2, -0.15) is 16.9 Å². The molecule has 4 aromatic rings. The van der Waals surface area contributed by atoms with E-state index in [-0.39, 0.29) is 25.2 Å². The number of pyridine rings is 1. The van der Waals surface area contributed by atoms with Crippen LogP contribution < -0.4 is 15.8 Å². The molecule has 0 radical (unpaired) electrons. The second-order valence-corrected chi connectivity index (χ2v) is 12.1. The van der Waals surface area contributed by atoms with E-state index in [4.69, 9.17) is 24.9 Å². The highest BCUT2D eigenvalue weighted by Crippen LogP contribution is 2.35. The van der Waals surface area contributed by atoms with E-state index in [1.165, 1.54) is 11.8 Å². The van der Waals surface area contributed by atoms with Gasteiger partial charge in [-0.15, -0.1) is 4.68 Å². The highest BCUT2D eigenvalue weighted by molar-refractivity contribution is 7.98. The molecule has 228 valence electrons. The second kappa shape index (κ2) is 13.0. The fraction of sp³-hybridized carbons (Fsp3) is 0.387. The van der Waals surface area contributed by atoms with Crippen LogP contribution in [0.4, 0.5) is 10.5 Å². The van der Waals surface area contributed by atoms with Gasteiger partial charge in [-0.1, -0.05) is 30.3 Å². The molecule has 4 rings (SSSR count). The molecule has 0 amide bonds. The Morgan fingerprint density at radius 3 is 2.47 bits per heavy atom. The minimum Gasteiger partial charge on any atom is -0.497 e. The number of ketones is 1. The third kappa shape index (κ3) is 7.08. The smallest absolute Gasteiger partial charge is 0.437 e. The van der Waals surface area contributed by atoms with Gasteiger partial charge in [0.15, 0.2) is 17.0 Å². The SMILES string of the molecule is COc1ccc2nc3c(c(C)nn3C(=O)OCc3ccccc3)c(NCC(=O)C(N)(CCSC)C(=O)OC(C)(C)C)c2c1. The zero-order valence-corrected chi connectivity index (χ0v) is 26.0. The third-order valence-electron chi connectivity index (χ3n) is 6.75. The maximum atomic E-state index is 13.7. The number of carbonyl (C=O) groups excluding carboxylic acids is 3. The number of carbonyl (C=O) groups is 3. The lowest BCUT2D eigenvalue weighted by molar-refractivity contribution is -0.163. The van der Waals surface area contributed by atoms with Gasteiger partial charge in [0, 0.05) is 5.39 Å². The van der Waals surface area contributed by atoms with Crippen molar-refractivity contribution in [3.63, 3.8) is 0 Å². The van der Waals surface area contributed by atoms with Gasteiger partial charge in [-0.3, -0.25) is 4.79 Å². The molecule has 1 unspecified atom stereocenters. The number of nitrogens with one attached hydrogen (secondary N) is 1. The standard InChI is InChI=1S/C31H37N5O6S/c1-19-25-26(33-17-24(37)31(32,14-15-43-6)28(38)42-30(2,3)4)22-16-21(40-5)12-13-23(22)34-27(25)36(35-19)29(39)41-18-20-10-8-7-9-11-20/h7-13,16H,14-15,17-18,32H2,1-6H3,(H,33,34). The van der Waals surface area contributed by atoms with Crippen LogP contribution in [-0.2, 0) is 25.7 Å². The molecule has 1 atom stereocenters. The summed E-state index contributed by atoms with van der Waals surface area (Å²) in [6.45, 7) is 6.67. The van der Waals surface area contributed by atoms with Crippen LogP contribution in [0.5, 0.6) is 5.75 Å². The van der Waals surface area contributed by atoms with Gasteiger partial charge in [0.1, 0.15) is 18.0 Å². The molecule has 0 spiro atoms. The summed E-state index contributed by atoms with van der Waals surface area (Å²) in [7, 11) is 1.55. The van der Waals surface area contributed by atoms with Gasteiger partial charge in [0.05, 0.1) is 35.9 Å². The molecule has 0 bridgehead atoms. The Bertz CT molecular complexity index is 1650. The van der Waals surface area contributed by atoms with E-state index < -0.39 is 29.0 Å². The first-order valence-electron chi connectivity index (χ1n) is 13.7. The quantitative estimate of drug-likeness (QED) is 0.178. The number of Topliss-reactive ketones (excluding diaryl/α,β-unsaturated/α-hetero) is 1. The summed E-state index contributed by atoms with van der Waals surface area (Å²) in [5, 5.41) is 8.76. The first-order valence-corrected chi connectivity index (χ1v) is 15.1. The van der Waals surface area contributed by atoms with Gasteiger partial charge >= 0.3 is 12.1 Å². The summed E-state index contributed by atoms with van der Waals surface area (Å²) in [4.78, 5) is 44.7. The zero-order valence-electron chi connectivity index (χ0n) is 25.2. The van der Waals surface area contributed by atoms with Crippen LogP contribution in [-0.4, -0.2) is 69.4 Å². The van der Waals surface area contributed by atoms with Crippen molar-refractivity contribution >= 4 is 57.2 Å². The van der Waals surface area contributed by atoms with Gasteiger partial charge in [-0.25, -0.2) is 14.6 Å². The summed E-state index contributed by atoms with van der Waals surface area (Å²) < 4.78 is 17.6. The summed E-state index contributed by atoms with van der Waals surface area (Å²) >= 11 is 1.48. The number of nitrogens with two attached hydrogens (primary N) is 1. The van der Waals surface area contributed by atoms with Crippen molar-refractivity contribution in [1.29, 1.82) is 0 Å². The van der Waals surface area contributed by atoms with Crippen molar-refractivity contribution in [2.75, 3.05) is 31.0 Å². The van der Waals surface area contributed by atoms with Gasteiger partial charge in [-0.05, 0) is 69.9 Å². The number of esters is 1. The maximum Gasteiger partial charge on any atom is 0.437 e. The minimum atomic E-state index is -1.86. The fourth-order valence-electron chi connectivity index (χ4n) is 4.50. The average Bonchev–Trinajstić information content (AvgIpc) is 3.31. The van der Waals surface area contributed by atoms with Gasteiger partial charge in [0.2, 0.25) is 0 Å². The van der Waals surface area contributed by atoms with Crippen molar-refractivity contribution in [2.24, 2.45) is 5.73 Å². The lowest BCUT2D eigenvalue weighted by atomic mass is 9.91. The van der Waals surface area contributed by atoms with Crippen LogP contribution in [0.1, 0.15) is 38.4 Å². The number of ether oxygens (including phenoxy) is 3. The third-order valence-corrected chi connectivity index (χ3v) is 7.36. The Balaban J connectivity index is 1.73. The molecule has 12 heteroatoms. The number of hydrogen-bond acceptors (Lipinski definition) is 11. The summed E-state index contributed by atoms with van der Waals surface area (Å²) in [6, 6.07) is 14.6. The molecular formula is C31H37N5O6S. The van der Waals surface area contributed by atoms with Crippen molar-refractivity contribution in [3.05, 3.63) is 59.8 Å². The molecule has 43 heavy (non-hydrogen) atoms. The highest BCUT2D eigenvalue weighted by atomic mass is 32.2. The number of methoxy groups -OCH3 is 1. The highest BCUT2D eigenvalue weighted by Gasteiger charge is 2.44. The Hall–Kier alpha value is -4.16. The second-order valence-electron chi connectivity index (χ2n) is 11.1. The molecule has 0 aliphatic carbocycles. The maximum absolute atomic E-state index is 13.7. The number of thioether (sulfide) groups is 1. The van der Waals surface area contributed by atoms with Crippen LogP contribution in [0.15, 0.2) is 48.5 Å². The normalized spacial score (nSPS) is 13.0. The fourth-order valence-corrected chi connectivity index (χ4v) is 5.03. The Morgan fingerprint density at radius 1 is 1.09 bits per heavy atom. The average molecular weight is 608 g/mol. The van der Waals surface area contributed by atoms with E-state index in [9.17, 15) is 14.4 Å². The van der Waals surface area contributed by atoms with Crippen molar-refractivity contribution in [2.45, 2.75) is 51.9 Å². The number of benzene rings is 2. The lowest BCUT2D eigenvalue weighted by Crippen LogP contribution is -2.59. The molecular weight excluding hydrogens is 570 g/mol. The van der Waals surface area contributed by atoms with Crippen LogP contribution in [0.2, 0.25) is 0 Å². The number of aryl methyl sites for hydroxylation is 1. The van der Waals surface area contributed by atoms with Gasteiger partial charge < -0.3 is 25.3 Å². The van der Waals surface area contributed by atoms with E-state index in [1.54, 1.807) is 53.0 Å². The number of aromatic nitrogens is 3. The Morgan fingerprint density at radius 2 is 1.81 bits per heavy atom. The van der Waals surface area contributed by atoms with Gasteiger partial charge in [0.25, 0.3) is 0 Å². The molecule has 11 nitrogen and oxygen atoms in total. The van der Waals surface area contributed by atoms with Crippen molar-refractivity contribution in [1.82, 2.24) is 14.8 Å². The molecule has 2 aromatic heterocycles. The molecule has 0 fully saturated rings. The number of rotatable bonds is 11. The number of fused-ring (bicyclic) bond motifs is 2. The largest absolute Gasteiger partial charge is 0.497 e. The first kappa shape index (κ1) is 31.8. The molecule has 2 heterocycles. The monoisotopic (exact) mass is 607 g/mol. The molecule has 0 saturated carbocycles. The van der Waals surface area contributed by atoms with Crippen LogP contribution in [0.25, 0.3) is 21.9 Å². The summed E-state index contributed by atoms with van der Waals surface area (Å²) in [6.07, 6.45) is 1.28. The molecule has 0 saturated heterocycles. The van der Waals surface area contributed by atoms with Crippen LogP contribution >= 0.6 is 11.8 Å². The van der Waals surface area contributed by atoms with Crippen molar-refractivity contribution < 1.29 is 28.6 Å². The first-order chi connectivity index (χ1) is 20.4. The minimum absolute atomic E-state index is 0.0593. The van der Waals surface area contributed by atoms with E-state index >= 15 is 0 Å². The Kier molecular flexibility index (Phi) is 9.61. The summed E-state index contributed by atoms with van der Waals surface area (Å²) in [5.74, 6) is -0.267. The van der Waals surface area contributed by atoms with Crippen LogP contribution in [0.3, 0.4) is 0 Å². The topological polar surface area (TPSA) is 148 Å². The lowest BCUT2D eigenvalue weighted by Gasteiger charge is -2.30. The number of anilines is 1. The van der Waals surface area contributed by atoms with Crippen LogP contribution in [0, 0.1) is 6.92 Å². The van der Waals surface area contributed by atoms with E-state index in [0.717, 1.165) is 10.2 Å². The summed E-state index contributed by atoms with van der Waals surface area (Å²) in [5.41, 5.74) is 6.37. The number of hydrogen-bond donors (Lipinski definition) is 2. The Labute approximate surface area is 254 Å². The predicted octanol–water partition coefficient (Wildman–Crippen LogP) is 4.86. The van der Waals surface area contributed by atoms with Crippen molar-refractivity contribution in [3.8, 4) is 5.75 Å². The van der Waals surface area contributed by atoms with E-state index in [0.29, 0.717) is 39.2 Å². The van der Waals surface area contributed by atoms with E-state index in [1.807, 2.05) is 36.6 Å². The van der Waals surface area contributed by atoms with E-state index in [2.05, 4.69) is 10.4 Å². The molecule has 0 aliphatic heterocycles. The molecule has 3 N–H and O–H groups in total. The molecule has 0 aliphatic rings. The zero-order chi connectivity index (χ0) is 31.4. The molecule has 2 aromatic carbocycles. The predicted molar refractivity (Wildman–Crippen MR) is 168 cm³/mol.